The van der Waals surface area contributed by atoms with Gasteiger partial charge in [-0.2, -0.15) is 0 Å². The van der Waals surface area contributed by atoms with E-state index >= 15 is 0 Å². The molecule has 0 aliphatic rings. The fourth-order valence-corrected chi connectivity index (χ4v) is 5.31. The summed E-state index contributed by atoms with van der Waals surface area (Å²) in [4.78, 5) is 0.714. The molecule has 0 bridgehead atoms. The Balaban J connectivity index is 2.20. The van der Waals surface area contributed by atoms with E-state index in [1.807, 2.05) is 12.1 Å². The van der Waals surface area contributed by atoms with Gasteiger partial charge in [-0.25, -0.2) is 13.1 Å². The number of rotatable bonds is 6. The van der Waals surface area contributed by atoms with E-state index in [1.165, 1.54) is 24.5 Å². The van der Waals surface area contributed by atoms with E-state index in [1.54, 1.807) is 12.1 Å². The molecule has 0 aliphatic carbocycles. The Labute approximate surface area is 135 Å². The highest BCUT2D eigenvalue weighted by molar-refractivity contribution is 9.11. The zero-order valence-electron chi connectivity index (χ0n) is 11.2. The first-order chi connectivity index (χ1) is 9.97. The maximum Gasteiger partial charge on any atom is 0.242 e. The first-order valence-corrected chi connectivity index (χ1v) is 9.08. The molecule has 0 saturated carbocycles. The highest BCUT2D eigenvalue weighted by Gasteiger charge is 2.21. The Kier molecular flexibility index (Phi) is 5.39. The standard InChI is InChI=1S/C13H14BrNO4S2/c1-19-11-5-3-2-4-9(11)7-15-21(17,18)12-6-10(8-16)20-13(12)14/h2-6,15-16H,7-8H2,1H3. The van der Waals surface area contributed by atoms with E-state index in [-0.39, 0.29) is 18.0 Å². The number of sulfonamides is 1. The maximum atomic E-state index is 12.3. The van der Waals surface area contributed by atoms with Gasteiger partial charge in [-0.1, -0.05) is 18.2 Å². The lowest BCUT2D eigenvalue weighted by atomic mass is 10.2. The molecule has 0 radical (unpaired) electrons. The number of halogens is 1. The van der Waals surface area contributed by atoms with Gasteiger partial charge in [0, 0.05) is 17.0 Å². The number of thiophene rings is 1. The summed E-state index contributed by atoms with van der Waals surface area (Å²) in [6, 6.07) is 8.66. The fourth-order valence-electron chi connectivity index (χ4n) is 1.76. The highest BCUT2D eigenvalue weighted by atomic mass is 79.9. The second-order valence-corrected chi connectivity index (χ2v) is 8.34. The average Bonchev–Trinajstić information content (AvgIpc) is 2.87. The van der Waals surface area contributed by atoms with Crippen LogP contribution in [0.5, 0.6) is 5.75 Å². The molecule has 114 valence electrons. The van der Waals surface area contributed by atoms with Crippen LogP contribution in [0.3, 0.4) is 0 Å². The normalized spacial score (nSPS) is 11.6. The van der Waals surface area contributed by atoms with Gasteiger partial charge in [0.15, 0.2) is 0 Å². The minimum atomic E-state index is -3.66. The van der Waals surface area contributed by atoms with Crippen LogP contribution < -0.4 is 9.46 Å². The Morgan fingerprint density at radius 1 is 1.38 bits per heavy atom. The van der Waals surface area contributed by atoms with Gasteiger partial charge >= 0.3 is 0 Å². The van der Waals surface area contributed by atoms with Crippen molar-refractivity contribution in [2.24, 2.45) is 0 Å². The van der Waals surface area contributed by atoms with Crippen molar-refractivity contribution in [3.8, 4) is 5.75 Å². The van der Waals surface area contributed by atoms with E-state index in [4.69, 9.17) is 9.84 Å². The third-order valence-corrected chi connectivity index (χ3v) is 6.44. The van der Waals surface area contributed by atoms with Crippen molar-refractivity contribution in [3.05, 3.63) is 44.6 Å². The number of benzene rings is 1. The van der Waals surface area contributed by atoms with Gasteiger partial charge in [0.05, 0.1) is 17.5 Å². The molecule has 8 heteroatoms. The Morgan fingerprint density at radius 2 is 2.10 bits per heavy atom. The molecule has 2 aromatic rings. The summed E-state index contributed by atoms with van der Waals surface area (Å²) < 4.78 is 32.8. The third kappa shape index (κ3) is 3.83. The van der Waals surface area contributed by atoms with E-state index in [9.17, 15) is 8.42 Å². The predicted molar refractivity (Wildman–Crippen MR) is 85.0 cm³/mol. The molecule has 0 fully saturated rings. The highest BCUT2D eigenvalue weighted by Crippen LogP contribution is 2.31. The predicted octanol–water partition coefficient (Wildman–Crippen LogP) is 2.49. The van der Waals surface area contributed by atoms with Gasteiger partial charge in [0.2, 0.25) is 10.0 Å². The van der Waals surface area contributed by atoms with Crippen LogP contribution in [0.4, 0.5) is 0 Å². The summed E-state index contributed by atoms with van der Waals surface area (Å²) >= 11 is 4.41. The van der Waals surface area contributed by atoms with Gasteiger partial charge in [0.25, 0.3) is 0 Å². The second-order valence-electron chi connectivity index (χ2n) is 4.15. The quantitative estimate of drug-likeness (QED) is 0.792. The maximum absolute atomic E-state index is 12.3. The minimum Gasteiger partial charge on any atom is -0.496 e. The summed E-state index contributed by atoms with van der Waals surface area (Å²) in [5.41, 5.74) is 0.748. The average molecular weight is 392 g/mol. The largest absolute Gasteiger partial charge is 0.496 e. The van der Waals surface area contributed by atoms with Crippen LogP contribution in [0.1, 0.15) is 10.4 Å². The SMILES string of the molecule is COc1ccccc1CNS(=O)(=O)c1cc(CO)sc1Br. The lowest BCUT2D eigenvalue weighted by Crippen LogP contribution is -2.23. The summed E-state index contributed by atoms with van der Waals surface area (Å²) in [7, 11) is -2.12. The molecular weight excluding hydrogens is 378 g/mol. The van der Waals surface area contributed by atoms with Crippen molar-refractivity contribution in [3.63, 3.8) is 0 Å². The molecule has 0 aliphatic heterocycles. The van der Waals surface area contributed by atoms with Crippen LogP contribution in [0.2, 0.25) is 0 Å². The third-order valence-electron chi connectivity index (χ3n) is 2.80. The zero-order valence-corrected chi connectivity index (χ0v) is 14.4. The number of nitrogens with one attached hydrogen (secondary N) is 1. The molecule has 0 spiro atoms. The van der Waals surface area contributed by atoms with Crippen LogP contribution in [0.15, 0.2) is 39.0 Å². The van der Waals surface area contributed by atoms with E-state index < -0.39 is 10.0 Å². The van der Waals surface area contributed by atoms with Crippen LogP contribution >= 0.6 is 27.3 Å². The Hall–Kier alpha value is -0.930. The van der Waals surface area contributed by atoms with Crippen molar-refractivity contribution >= 4 is 37.3 Å². The first kappa shape index (κ1) is 16.4. The van der Waals surface area contributed by atoms with E-state index in [0.29, 0.717) is 14.4 Å². The van der Waals surface area contributed by atoms with Gasteiger partial charge in [-0.15, -0.1) is 11.3 Å². The summed E-state index contributed by atoms with van der Waals surface area (Å²) in [6.45, 7) is -0.0611. The smallest absolute Gasteiger partial charge is 0.242 e. The molecule has 1 aromatic carbocycles. The molecule has 0 atom stereocenters. The lowest BCUT2D eigenvalue weighted by Gasteiger charge is -2.09. The number of aliphatic hydroxyl groups is 1. The monoisotopic (exact) mass is 391 g/mol. The van der Waals surface area contributed by atoms with Gasteiger partial charge in [0.1, 0.15) is 10.6 Å². The van der Waals surface area contributed by atoms with Crippen LogP contribution in [0.25, 0.3) is 0 Å². The van der Waals surface area contributed by atoms with Crippen LogP contribution in [-0.2, 0) is 23.2 Å². The summed E-state index contributed by atoms with van der Waals surface area (Å²) in [5.74, 6) is 0.626. The molecule has 0 unspecified atom stereocenters. The summed E-state index contributed by atoms with van der Waals surface area (Å²) in [6.07, 6.45) is 0. The van der Waals surface area contributed by atoms with Crippen LogP contribution in [-0.4, -0.2) is 20.6 Å². The molecule has 2 rings (SSSR count). The fraction of sp³-hybridized carbons (Fsp3) is 0.231. The topological polar surface area (TPSA) is 75.6 Å². The molecule has 21 heavy (non-hydrogen) atoms. The second kappa shape index (κ2) is 6.89. The number of ether oxygens (including phenoxy) is 1. The van der Waals surface area contributed by atoms with Crippen molar-refractivity contribution in [2.75, 3.05) is 7.11 Å². The Bertz CT molecular complexity index is 728. The van der Waals surface area contributed by atoms with E-state index in [2.05, 4.69) is 20.7 Å². The number of methoxy groups -OCH3 is 1. The van der Waals surface area contributed by atoms with Crippen molar-refractivity contribution < 1.29 is 18.3 Å². The lowest BCUT2D eigenvalue weighted by molar-refractivity contribution is 0.285. The number of hydrogen-bond acceptors (Lipinski definition) is 5. The Morgan fingerprint density at radius 3 is 2.71 bits per heavy atom. The molecule has 1 aromatic heterocycles. The molecular formula is C13H14BrNO4S2. The first-order valence-electron chi connectivity index (χ1n) is 5.98. The minimum absolute atomic E-state index is 0.128. The van der Waals surface area contributed by atoms with E-state index in [0.717, 1.165) is 5.56 Å². The van der Waals surface area contributed by atoms with Crippen molar-refractivity contribution in [1.29, 1.82) is 0 Å². The number of aliphatic hydroxyl groups excluding tert-OH is 1. The zero-order chi connectivity index (χ0) is 15.5. The summed E-state index contributed by atoms with van der Waals surface area (Å²) in [5, 5.41) is 9.08. The molecule has 5 nitrogen and oxygen atoms in total. The van der Waals surface area contributed by atoms with Gasteiger partial charge in [-0.05, 0) is 28.1 Å². The molecule has 2 N–H and O–H groups in total. The van der Waals surface area contributed by atoms with Gasteiger partial charge in [-0.3, -0.25) is 0 Å². The van der Waals surface area contributed by atoms with Crippen molar-refractivity contribution in [1.82, 2.24) is 4.72 Å². The molecule has 0 amide bonds. The number of para-hydroxylation sites is 1. The molecule has 0 saturated heterocycles. The van der Waals surface area contributed by atoms with Gasteiger partial charge < -0.3 is 9.84 Å². The van der Waals surface area contributed by atoms with Crippen molar-refractivity contribution in [2.45, 2.75) is 18.0 Å². The molecule has 1 heterocycles. The van der Waals surface area contributed by atoms with Crippen LogP contribution in [0, 0.1) is 0 Å². The number of hydrogen-bond donors (Lipinski definition) is 2.